The summed E-state index contributed by atoms with van der Waals surface area (Å²) in [6.07, 6.45) is 3.73. The first kappa shape index (κ1) is 21.7. The molecule has 2 heterocycles. The lowest BCUT2D eigenvalue weighted by Gasteiger charge is -2.39. The second kappa shape index (κ2) is 11.3. The van der Waals surface area contributed by atoms with Gasteiger partial charge in [0.2, 0.25) is 0 Å². The Morgan fingerprint density at radius 3 is 2.83 bits per heavy atom. The molecular formula is C18H33IN4S. The Morgan fingerprint density at radius 1 is 1.42 bits per heavy atom. The van der Waals surface area contributed by atoms with Crippen molar-refractivity contribution in [2.45, 2.75) is 39.2 Å². The lowest BCUT2D eigenvalue weighted by atomic mass is 9.88. The minimum Gasteiger partial charge on any atom is -0.356 e. The number of halogens is 1. The standard InChI is InChI=1S/C18H32N4S.HI/c1-14(2)9-10-20-18(19-3)21-13-15-7-5-11-22(4)17(15)16-8-6-12-23-16;/h6,8,12,14-15,17H,5,7,9-11,13H2,1-4H3,(H2,19,20,21);1H. The Kier molecular flexibility index (Phi) is 10.2. The molecule has 0 radical (unpaired) electrons. The number of likely N-dealkylation sites (tertiary alicyclic amines) is 1. The van der Waals surface area contributed by atoms with Crippen LogP contribution < -0.4 is 10.6 Å². The smallest absolute Gasteiger partial charge is 0.190 e. The highest BCUT2D eigenvalue weighted by molar-refractivity contribution is 14.0. The quantitative estimate of drug-likeness (QED) is 0.381. The topological polar surface area (TPSA) is 39.7 Å². The van der Waals surface area contributed by atoms with Crippen LogP contribution in [-0.2, 0) is 0 Å². The minimum atomic E-state index is 0. The molecule has 0 aliphatic carbocycles. The molecule has 1 fully saturated rings. The molecule has 138 valence electrons. The van der Waals surface area contributed by atoms with Crippen molar-refractivity contribution in [2.24, 2.45) is 16.8 Å². The molecule has 2 atom stereocenters. The predicted molar refractivity (Wildman–Crippen MR) is 117 cm³/mol. The van der Waals surface area contributed by atoms with E-state index in [0.717, 1.165) is 25.0 Å². The van der Waals surface area contributed by atoms with Gasteiger partial charge in [-0.25, -0.2) is 0 Å². The zero-order valence-corrected chi connectivity index (χ0v) is 18.6. The van der Waals surface area contributed by atoms with Crippen molar-refractivity contribution in [3.05, 3.63) is 22.4 Å². The summed E-state index contributed by atoms with van der Waals surface area (Å²) in [5.41, 5.74) is 0. The van der Waals surface area contributed by atoms with Gasteiger partial charge in [0.1, 0.15) is 0 Å². The molecule has 6 heteroatoms. The monoisotopic (exact) mass is 464 g/mol. The summed E-state index contributed by atoms with van der Waals surface area (Å²) in [5, 5.41) is 9.16. The largest absolute Gasteiger partial charge is 0.356 e. The summed E-state index contributed by atoms with van der Waals surface area (Å²) in [5.74, 6) is 2.29. The molecule has 2 rings (SSSR count). The third-order valence-corrected chi connectivity index (χ3v) is 5.55. The van der Waals surface area contributed by atoms with Gasteiger partial charge in [-0.3, -0.25) is 9.89 Å². The van der Waals surface area contributed by atoms with E-state index in [4.69, 9.17) is 0 Å². The fourth-order valence-corrected chi connectivity index (χ4v) is 4.29. The Bertz CT molecular complexity index is 475. The maximum absolute atomic E-state index is 4.36. The molecule has 0 aromatic carbocycles. The molecule has 1 aliphatic rings. The van der Waals surface area contributed by atoms with Gasteiger partial charge >= 0.3 is 0 Å². The Morgan fingerprint density at radius 2 is 2.21 bits per heavy atom. The highest BCUT2D eigenvalue weighted by atomic mass is 127. The van der Waals surface area contributed by atoms with E-state index in [1.165, 1.54) is 30.7 Å². The Hall–Kier alpha value is -0.340. The van der Waals surface area contributed by atoms with Crippen LogP contribution in [0.25, 0.3) is 0 Å². The first-order chi connectivity index (χ1) is 11.1. The van der Waals surface area contributed by atoms with E-state index in [-0.39, 0.29) is 24.0 Å². The summed E-state index contributed by atoms with van der Waals surface area (Å²) in [6.45, 7) is 7.66. The summed E-state index contributed by atoms with van der Waals surface area (Å²) in [6, 6.07) is 4.98. The Labute approximate surface area is 168 Å². The highest BCUT2D eigenvalue weighted by Gasteiger charge is 2.31. The predicted octanol–water partition coefficient (Wildman–Crippen LogP) is 3.96. The van der Waals surface area contributed by atoms with Crippen molar-refractivity contribution in [3.8, 4) is 0 Å². The fraction of sp³-hybridized carbons (Fsp3) is 0.722. The van der Waals surface area contributed by atoms with Gasteiger partial charge in [-0.05, 0) is 56.1 Å². The highest BCUT2D eigenvalue weighted by Crippen LogP contribution is 2.36. The van der Waals surface area contributed by atoms with Crippen LogP contribution in [0.3, 0.4) is 0 Å². The maximum Gasteiger partial charge on any atom is 0.190 e. The molecule has 1 aliphatic heterocycles. The van der Waals surface area contributed by atoms with Gasteiger partial charge in [0.05, 0.1) is 0 Å². The second-order valence-corrected chi connectivity index (χ2v) is 7.88. The van der Waals surface area contributed by atoms with Crippen molar-refractivity contribution in [1.29, 1.82) is 0 Å². The number of nitrogens with one attached hydrogen (secondary N) is 2. The molecule has 0 bridgehead atoms. The summed E-state index contributed by atoms with van der Waals surface area (Å²) in [4.78, 5) is 8.36. The van der Waals surface area contributed by atoms with Gasteiger partial charge < -0.3 is 10.6 Å². The van der Waals surface area contributed by atoms with E-state index in [2.05, 4.69) is 58.9 Å². The lowest BCUT2D eigenvalue weighted by molar-refractivity contribution is 0.125. The molecule has 1 aromatic rings. The van der Waals surface area contributed by atoms with Crippen molar-refractivity contribution in [1.82, 2.24) is 15.5 Å². The van der Waals surface area contributed by atoms with Crippen LogP contribution in [0.2, 0.25) is 0 Å². The number of piperidine rings is 1. The SMILES string of the molecule is CN=C(NCCC(C)C)NCC1CCCN(C)C1c1cccs1.I. The van der Waals surface area contributed by atoms with Crippen molar-refractivity contribution < 1.29 is 0 Å². The fourth-order valence-electron chi connectivity index (χ4n) is 3.31. The molecule has 4 nitrogen and oxygen atoms in total. The van der Waals surface area contributed by atoms with Crippen molar-refractivity contribution in [3.63, 3.8) is 0 Å². The van der Waals surface area contributed by atoms with E-state index in [9.17, 15) is 0 Å². The van der Waals surface area contributed by atoms with E-state index in [0.29, 0.717) is 12.0 Å². The van der Waals surface area contributed by atoms with Crippen LogP contribution in [0.1, 0.15) is 44.0 Å². The number of rotatable bonds is 6. The van der Waals surface area contributed by atoms with Gasteiger partial charge in [0, 0.05) is 31.1 Å². The second-order valence-electron chi connectivity index (χ2n) is 6.91. The number of hydrogen-bond acceptors (Lipinski definition) is 3. The van der Waals surface area contributed by atoms with Gasteiger partial charge in [-0.15, -0.1) is 35.3 Å². The average molecular weight is 464 g/mol. The lowest BCUT2D eigenvalue weighted by Crippen LogP contribution is -2.45. The Balaban J connectivity index is 0.00000288. The van der Waals surface area contributed by atoms with E-state index in [1.54, 1.807) is 0 Å². The first-order valence-electron chi connectivity index (χ1n) is 8.80. The number of nitrogens with zero attached hydrogens (tertiary/aromatic N) is 2. The van der Waals surface area contributed by atoms with Crippen LogP contribution in [0.4, 0.5) is 0 Å². The van der Waals surface area contributed by atoms with Crippen LogP contribution >= 0.6 is 35.3 Å². The third-order valence-electron chi connectivity index (χ3n) is 4.61. The number of guanidine groups is 1. The zero-order valence-electron chi connectivity index (χ0n) is 15.4. The summed E-state index contributed by atoms with van der Waals surface area (Å²) >= 11 is 1.88. The van der Waals surface area contributed by atoms with Crippen molar-refractivity contribution in [2.75, 3.05) is 33.7 Å². The number of hydrogen-bond donors (Lipinski definition) is 2. The molecule has 0 saturated carbocycles. The van der Waals surface area contributed by atoms with Gasteiger partial charge in [-0.2, -0.15) is 0 Å². The third kappa shape index (κ3) is 6.52. The number of thiophene rings is 1. The van der Waals surface area contributed by atoms with Crippen LogP contribution in [0, 0.1) is 11.8 Å². The molecule has 2 unspecified atom stereocenters. The molecule has 24 heavy (non-hydrogen) atoms. The number of aliphatic imine (C=N–C) groups is 1. The normalized spacial score (nSPS) is 22.3. The van der Waals surface area contributed by atoms with E-state index in [1.807, 2.05) is 18.4 Å². The first-order valence-corrected chi connectivity index (χ1v) is 9.68. The van der Waals surface area contributed by atoms with Crippen LogP contribution in [0.15, 0.2) is 22.5 Å². The average Bonchev–Trinajstić information content (AvgIpc) is 3.04. The van der Waals surface area contributed by atoms with Crippen LogP contribution in [-0.4, -0.2) is 44.6 Å². The van der Waals surface area contributed by atoms with Gasteiger partial charge in [-0.1, -0.05) is 19.9 Å². The van der Waals surface area contributed by atoms with E-state index < -0.39 is 0 Å². The molecule has 2 N–H and O–H groups in total. The molecule has 0 amide bonds. The van der Waals surface area contributed by atoms with Crippen LogP contribution in [0.5, 0.6) is 0 Å². The maximum atomic E-state index is 4.36. The summed E-state index contributed by atoms with van der Waals surface area (Å²) in [7, 11) is 4.11. The summed E-state index contributed by atoms with van der Waals surface area (Å²) < 4.78 is 0. The molecule has 1 saturated heterocycles. The van der Waals surface area contributed by atoms with E-state index >= 15 is 0 Å². The zero-order chi connectivity index (χ0) is 16.7. The van der Waals surface area contributed by atoms with Crippen molar-refractivity contribution >= 4 is 41.3 Å². The minimum absolute atomic E-state index is 0. The van der Waals surface area contributed by atoms with Gasteiger partial charge in [0.25, 0.3) is 0 Å². The molecular weight excluding hydrogens is 431 g/mol. The molecule has 1 aromatic heterocycles. The molecule has 0 spiro atoms. The van der Waals surface area contributed by atoms with Gasteiger partial charge in [0.15, 0.2) is 5.96 Å².